The molecule has 0 aromatic carbocycles. The Morgan fingerprint density at radius 1 is 0.864 bits per heavy atom. The highest BCUT2D eigenvalue weighted by Gasteiger charge is 2.12. The number of nitrogens with zero attached hydrogens (tertiary/aromatic N) is 1. The van der Waals surface area contributed by atoms with Gasteiger partial charge in [0, 0.05) is 26.2 Å². The minimum absolute atomic E-state index is 0.505. The second kappa shape index (κ2) is 15.3. The van der Waals surface area contributed by atoms with E-state index in [9.17, 15) is 0 Å². The molecule has 0 aromatic rings. The Labute approximate surface area is 137 Å². The van der Waals surface area contributed by atoms with E-state index in [1.165, 1.54) is 70.6 Å². The van der Waals surface area contributed by atoms with Crippen LogP contribution in [-0.2, 0) is 9.47 Å². The van der Waals surface area contributed by atoms with Gasteiger partial charge in [-0.15, -0.1) is 0 Å². The fourth-order valence-electron chi connectivity index (χ4n) is 3.02. The predicted molar refractivity (Wildman–Crippen MR) is 90.8 cm³/mol. The van der Waals surface area contributed by atoms with Crippen LogP contribution in [0.3, 0.4) is 0 Å². The minimum Gasteiger partial charge on any atom is -0.381 e. The molecule has 3 heteroatoms. The van der Waals surface area contributed by atoms with Gasteiger partial charge in [0.15, 0.2) is 0 Å². The average molecular weight is 309 g/mol. The van der Waals surface area contributed by atoms with Crippen molar-refractivity contribution in [3.8, 4) is 6.07 Å². The first kappa shape index (κ1) is 19.5. The van der Waals surface area contributed by atoms with Crippen molar-refractivity contribution in [2.45, 2.75) is 96.0 Å². The van der Waals surface area contributed by atoms with Crippen molar-refractivity contribution in [2.24, 2.45) is 0 Å². The van der Waals surface area contributed by atoms with E-state index in [0.29, 0.717) is 6.10 Å². The standard InChI is InChI=1S/C19H35NO2/c20-15-9-6-4-2-1-3-5-7-10-16-21-17-12-14-19-13-8-11-18-22-19/h19H,1-14,16-18H2. The maximum absolute atomic E-state index is 8.44. The lowest BCUT2D eigenvalue weighted by atomic mass is 10.1. The van der Waals surface area contributed by atoms with E-state index in [2.05, 4.69) is 6.07 Å². The topological polar surface area (TPSA) is 42.2 Å². The third-order valence-corrected chi connectivity index (χ3v) is 4.42. The maximum atomic E-state index is 8.44. The highest BCUT2D eigenvalue weighted by molar-refractivity contribution is 4.67. The molecule has 1 saturated heterocycles. The van der Waals surface area contributed by atoms with Crippen molar-refractivity contribution in [2.75, 3.05) is 19.8 Å². The average Bonchev–Trinajstić information content (AvgIpc) is 2.56. The summed E-state index contributed by atoms with van der Waals surface area (Å²) in [5, 5.41) is 8.44. The zero-order chi connectivity index (χ0) is 15.7. The Kier molecular flexibility index (Phi) is 13.5. The monoisotopic (exact) mass is 309 g/mol. The van der Waals surface area contributed by atoms with Crippen molar-refractivity contribution in [1.29, 1.82) is 5.26 Å². The van der Waals surface area contributed by atoms with Crippen LogP contribution in [0.15, 0.2) is 0 Å². The number of rotatable bonds is 14. The third-order valence-electron chi connectivity index (χ3n) is 4.42. The molecule has 0 bridgehead atoms. The fraction of sp³-hybridized carbons (Fsp3) is 0.947. The molecule has 22 heavy (non-hydrogen) atoms. The zero-order valence-corrected chi connectivity index (χ0v) is 14.4. The van der Waals surface area contributed by atoms with Gasteiger partial charge in [0.1, 0.15) is 0 Å². The van der Waals surface area contributed by atoms with Gasteiger partial charge in [-0.2, -0.15) is 5.26 Å². The Morgan fingerprint density at radius 3 is 2.23 bits per heavy atom. The molecule has 1 aliphatic heterocycles. The van der Waals surface area contributed by atoms with Crippen molar-refractivity contribution >= 4 is 0 Å². The summed E-state index contributed by atoms with van der Waals surface area (Å²) < 4.78 is 11.4. The highest BCUT2D eigenvalue weighted by Crippen LogP contribution is 2.16. The lowest BCUT2D eigenvalue weighted by Gasteiger charge is -2.22. The van der Waals surface area contributed by atoms with Crippen LogP contribution in [0.4, 0.5) is 0 Å². The molecule has 1 aliphatic rings. The van der Waals surface area contributed by atoms with Gasteiger partial charge < -0.3 is 9.47 Å². The van der Waals surface area contributed by atoms with Gasteiger partial charge in [0.25, 0.3) is 0 Å². The van der Waals surface area contributed by atoms with E-state index in [1.54, 1.807) is 0 Å². The van der Waals surface area contributed by atoms with Crippen LogP contribution in [0.1, 0.15) is 89.9 Å². The maximum Gasteiger partial charge on any atom is 0.0621 e. The summed E-state index contributed by atoms with van der Waals surface area (Å²) in [6, 6.07) is 2.21. The number of nitriles is 1. The normalized spacial score (nSPS) is 18.2. The van der Waals surface area contributed by atoms with E-state index < -0.39 is 0 Å². The SMILES string of the molecule is N#CCCCCCCCCCCOCCCC1CCCCO1. The van der Waals surface area contributed by atoms with Gasteiger partial charge in [-0.25, -0.2) is 0 Å². The van der Waals surface area contributed by atoms with E-state index >= 15 is 0 Å². The van der Waals surface area contributed by atoms with Crippen LogP contribution in [0, 0.1) is 11.3 Å². The Morgan fingerprint density at radius 2 is 1.55 bits per heavy atom. The van der Waals surface area contributed by atoms with Crippen molar-refractivity contribution in [3.05, 3.63) is 0 Å². The fourth-order valence-corrected chi connectivity index (χ4v) is 3.02. The molecule has 0 aromatic heterocycles. The smallest absolute Gasteiger partial charge is 0.0621 e. The molecule has 0 aliphatic carbocycles. The van der Waals surface area contributed by atoms with Gasteiger partial charge in [0.2, 0.25) is 0 Å². The molecule has 1 unspecified atom stereocenters. The highest BCUT2D eigenvalue weighted by atomic mass is 16.5. The van der Waals surface area contributed by atoms with Gasteiger partial charge in [-0.1, -0.05) is 38.5 Å². The Hall–Kier alpha value is -0.590. The first-order chi connectivity index (χ1) is 10.9. The molecule has 0 saturated carbocycles. The largest absolute Gasteiger partial charge is 0.381 e. The van der Waals surface area contributed by atoms with E-state index in [0.717, 1.165) is 39.1 Å². The van der Waals surface area contributed by atoms with Gasteiger partial charge in [-0.3, -0.25) is 0 Å². The molecule has 3 nitrogen and oxygen atoms in total. The first-order valence-corrected chi connectivity index (χ1v) is 9.50. The number of hydrogen-bond acceptors (Lipinski definition) is 3. The summed E-state index contributed by atoms with van der Waals surface area (Å²) in [6.07, 6.45) is 17.5. The number of ether oxygens (including phenoxy) is 2. The second-order valence-electron chi connectivity index (χ2n) is 6.48. The van der Waals surface area contributed by atoms with Crippen LogP contribution in [0.5, 0.6) is 0 Å². The molecule has 0 amide bonds. The summed E-state index contributed by atoms with van der Waals surface area (Å²) in [6.45, 7) is 2.79. The molecule has 0 radical (unpaired) electrons. The summed E-state index contributed by atoms with van der Waals surface area (Å²) in [7, 11) is 0. The predicted octanol–water partition coefficient (Wildman–Crippen LogP) is 5.39. The number of unbranched alkanes of at least 4 members (excludes halogenated alkanes) is 8. The molecule has 0 N–H and O–H groups in total. The Balaban J connectivity index is 1.68. The second-order valence-corrected chi connectivity index (χ2v) is 6.48. The van der Waals surface area contributed by atoms with Crippen LogP contribution in [0.2, 0.25) is 0 Å². The quantitative estimate of drug-likeness (QED) is 0.404. The van der Waals surface area contributed by atoms with Crippen molar-refractivity contribution in [3.63, 3.8) is 0 Å². The van der Waals surface area contributed by atoms with E-state index in [4.69, 9.17) is 14.7 Å². The first-order valence-electron chi connectivity index (χ1n) is 9.50. The third kappa shape index (κ3) is 12.0. The molecule has 128 valence electrons. The molecule has 1 heterocycles. The molecule has 1 rings (SSSR count). The lowest BCUT2D eigenvalue weighted by molar-refractivity contribution is 0.00452. The van der Waals surface area contributed by atoms with Crippen LogP contribution < -0.4 is 0 Å². The minimum atomic E-state index is 0.505. The number of hydrogen-bond donors (Lipinski definition) is 0. The lowest BCUT2D eigenvalue weighted by Crippen LogP contribution is -2.19. The van der Waals surface area contributed by atoms with Gasteiger partial charge >= 0.3 is 0 Å². The summed E-state index contributed by atoms with van der Waals surface area (Å²) >= 11 is 0. The molecule has 1 atom stereocenters. The van der Waals surface area contributed by atoms with E-state index in [1.807, 2.05) is 0 Å². The van der Waals surface area contributed by atoms with Gasteiger partial charge in [-0.05, 0) is 44.9 Å². The summed E-state index contributed by atoms with van der Waals surface area (Å²) in [5.41, 5.74) is 0. The van der Waals surface area contributed by atoms with Crippen molar-refractivity contribution in [1.82, 2.24) is 0 Å². The van der Waals surface area contributed by atoms with Crippen LogP contribution >= 0.6 is 0 Å². The van der Waals surface area contributed by atoms with E-state index in [-0.39, 0.29) is 0 Å². The zero-order valence-electron chi connectivity index (χ0n) is 14.4. The molecular formula is C19H35NO2. The summed E-state index contributed by atoms with van der Waals surface area (Å²) in [5.74, 6) is 0. The molecular weight excluding hydrogens is 274 g/mol. The van der Waals surface area contributed by atoms with Crippen LogP contribution in [-0.4, -0.2) is 25.9 Å². The molecule has 0 spiro atoms. The van der Waals surface area contributed by atoms with Crippen molar-refractivity contribution < 1.29 is 9.47 Å². The summed E-state index contributed by atoms with van der Waals surface area (Å²) in [4.78, 5) is 0. The molecule has 1 fully saturated rings. The van der Waals surface area contributed by atoms with Crippen LogP contribution in [0.25, 0.3) is 0 Å². The van der Waals surface area contributed by atoms with Gasteiger partial charge in [0.05, 0.1) is 12.2 Å². The Bertz CT molecular complexity index is 269.